The molecule has 0 amide bonds. The molecule has 100 valence electrons. The van der Waals surface area contributed by atoms with Gasteiger partial charge in [0.15, 0.2) is 0 Å². The molecule has 2 aromatic rings. The summed E-state index contributed by atoms with van der Waals surface area (Å²) in [6.45, 7) is 4.79. The monoisotopic (exact) mass is 258 g/mol. The zero-order valence-corrected chi connectivity index (χ0v) is 11.2. The Morgan fingerprint density at radius 1 is 1.37 bits per heavy atom. The van der Waals surface area contributed by atoms with Crippen LogP contribution >= 0.6 is 0 Å². The van der Waals surface area contributed by atoms with Gasteiger partial charge in [-0.2, -0.15) is 5.10 Å². The van der Waals surface area contributed by atoms with Crippen molar-refractivity contribution in [2.75, 3.05) is 0 Å². The first-order valence-corrected chi connectivity index (χ1v) is 6.41. The Labute approximate surface area is 112 Å². The summed E-state index contributed by atoms with van der Waals surface area (Å²) in [6, 6.07) is 7.66. The van der Waals surface area contributed by atoms with Gasteiger partial charge in [0.2, 0.25) is 0 Å². The van der Waals surface area contributed by atoms with E-state index in [-0.39, 0.29) is 0 Å². The van der Waals surface area contributed by atoms with Crippen molar-refractivity contribution < 1.29 is 9.90 Å². The molecule has 1 atom stereocenters. The molecule has 0 aliphatic heterocycles. The lowest BCUT2D eigenvalue weighted by molar-refractivity contribution is -0.138. The number of rotatable bonds is 5. The summed E-state index contributed by atoms with van der Waals surface area (Å²) in [5, 5.41) is 13.6. The van der Waals surface area contributed by atoms with Gasteiger partial charge in [0.05, 0.1) is 12.1 Å². The first-order chi connectivity index (χ1) is 9.10. The Balaban J connectivity index is 2.21. The van der Waals surface area contributed by atoms with Crippen LogP contribution in [0.5, 0.6) is 0 Å². The van der Waals surface area contributed by atoms with E-state index in [4.69, 9.17) is 0 Å². The van der Waals surface area contributed by atoms with Gasteiger partial charge in [-0.25, -0.2) is 0 Å². The Bertz CT molecular complexity index is 558. The summed E-state index contributed by atoms with van der Waals surface area (Å²) < 4.78 is 1.81. The molecule has 0 aliphatic carbocycles. The molecular weight excluding hydrogens is 240 g/mol. The number of carboxylic acid groups (broad SMARTS) is 1. The normalized spacial score (nSPS) is 12.3. The van der Waals surface area contributed by atoms with E-state index in [1.165, 1.54) is 0 Å². The van der Waals surface area contributed by atoms with Crippen molar-refractivity contribution in [2.45, 2.75) is 32.7 Å². The summed E-state index contributed by atoms with van der Waals surface area (Å²) >= 11 is 0. The molecule has 0 aliphatic rings. The van der Waals surface area contributed by atoms with Crippen molar-refractivity contribution in [2.24, 2.45) is 0 Å². The van der Waals surface area contributed by atoms with Crippen molar-refractivity contribution in [3.8, 4) is 0 Å². The van der Waals surface area contributed by atoms with Crippen LogP contribution in [-0.4, -0.2) is 20.9 Å². The molecule has 0 spiro atoms. The second-order valence-electron chi connectivity index (χ2n) is 4.71. The van der Waals surface area contributed by atoms with Crippen molar-refractivity contribution in [1.82, 2.24) is 9.78 Å². The average molecular weight is 258 g/mol. The summed E-state index contributed by atoms with van der Waals surface area (Å²) in [6.07, 6.45) is 4.12. The predicted molar refractivity (Wildman–Crippen MR) is 73.2 cm³/mol. The van der Waals surface area contributed by atoms with Crippen LogP contribution in [0.4, 0.5) is 0 Å². The van der Waals surface area contributed by atoms with Crippen LogP contribution in [0.2, 0.25) is 0 Å². The molecule has 1 heterocycles. The van der Waals surface area contributed by atoms with Crippen LogP contribution in [0.25, 0.3) is 0 Å². The molecule has 0 saturated carbocycles. The Morgan fingerprint density at radius 2 is 2.05 bits per heavy atom. The zero-order chi connectivity index (χ0) is 13.8. The van der Waals surface area contributed by atoms with Gasteiger partial charge in [-0.15, -0.1) is 0 Å². The Kier molecular flexibility index (Phi) is 4.00. The number of hydrogen-bond acceptors (Lipinski definition) is 2. The van der Waals surface area contributed by atoms with Crippen molar-refractivity contribution in [1.29, 1.82) is 0 Å². The minimum absolute atomic E-state index is 0.471. The average Bonchev–Trinajstić information content (AvgIpc) is 2.85. The van der Waals surface area contributed by atoms with E-state index in [1.54, 1.807) is 6.20 Å². The minimum Gasteiger partial charge on any atom is -0.481 e. The molecule has 4 nitrogen and oxygen atoms in total. The molecule has 19 heavy (non-hydrogen) atoms. The van der Waals surface area contributed by atoms with E-state index >= 15 is 0 Å². The number of carboxylic acids is 1. The SMILES string of the molecule is CCn1cc(CC(C(=O)O)c2ccc(C)cc2)cn1. The number of aromatic nitrogens is 2. The first-order valence-electron chi connectivity index (χ1n) is 6.41. The molecule has 0 saturated heterocycles. The van der Waals surface area contributed by atoms with E-state index in [1.807, 2.05) is 49.0 Å². The third kappa shape index (κ3) is 3.22. The molecule has 0 fully saturated rings. The number of aliphatic carboxylic acids is 1. The van der Waals surface area contributed by atoms with Gasteiger partial charge in [-0.1, -0.05) is 29.8 Å². The topological polar surface area (TPSA) is 55.1 Å². The lowest BCUT2D eigenvalue weighted by Crippen LogP contribution is -2.14. The molecule has 2 rings (SSSR count). The second kappa shape index (κ2) is 5.69. The third-order valence-corrected chi connectivity index (χ3v) is 3.23. The number of benzene rings is 1. The highest BCUT2D eigenvalue weighted by Gasteiger charge is 2.20. The van der Waals surface area contributed by atoms with E-state index in [9.17, 15) is 9.90 Å². The van der Waals surface area contributed by atoms with E-state index in [2.05, 4.69) is 5.10 Å². The highest BCUT2D eigenvalue weighted by atomic mass is 16.4. The van der Waals surface area contributed by atoms with Gasteiger partial charge < -0.3 is 5.11 Å². The van der Waals surface area contributed by atoms with Crippen LogP contribution in [-0.2, 0) is 17.8 Å². The fraction of sp³-hybridized carbons (Fsp3) is 0.333. The highest BCUT2D eigenvalue weighted by molar-refractivity contribution is 5.76. The first kappa shape index (κ1) is 13.3. The van der Waals surface area contributed by atoms with E-state index < -0.39 is 11.9 Å². The predicted octanol–water partition coefficient (Wildman–Crippen LogP) is 2.62. The molecule has 0 bridgehead atoms. The molecule has 1 unspecified atom stereocenters. The van der Waals surface area contributed by atoms with Gasteiger partial charge in [0.1, 0.15) is 0 Å². The van der Waals surface area contributed by atoms with Crippen LogP contribution in [0.15, 0.2) is 36.7 Å². The van der Waals surface area contributed by atoms with Gasteiger partial charge in [0.25, 0.3) is 0 Å². The van der Waals surface area contributed by atoms with Crippen molar-refractivity contribution in [3.05, 3.63) is 53.3 Å². The maximum absolute atomic E-state index is 11.4. The third-order valence-electron chi connectivity index (χ3n) is 3.23. The number of aryl methyl sites for hydroxylation is 2. The fourth-order valence-electron chi connectivity index (χ4n) is 2.07. The van der Waals surface area contributed by atoms with Crippen LogP contribution in [0.1, 0.15) is 29.5 Å². The maximum Gasteiger partial charge on any atom is 0.311 e. The molecule has 1 aromatic heterocycles. The zero-order valence-electron chi connectivity index (χ0n) is 11.2. The molecule has 0 radical (unpaired) electrons. The Morgan fingerprint density at radius 3 is 2.58 bits per heavy atom. The van der Waals surface area contributed by atoms with Gasteiger partial charge in [-0.05, 0) is 31.4 Å². The highest BCUT2D eigenvalue weighted by Crippen LogP contribution is 2.21. The summed E-state index contributed by atoms with van der Waals surface area (Å²) in [4.78, 5) is 11.4. The quantitative estimate of drug-likeness (QED) is 0.897. The van der Waals surface area contributed by atoms with E-state index in [0.29, 0.717) is 6.42 Å². The smallest absolute Gasteiger partial charge is 0.311 e. The lowest BCUT2D eigenvalue weighted by atomic mass is 9.93. The molecule has 4 heteroatoms. The molecule has 1 N–H and O–H groups in total. The summed E-state index contributed by atoms with van der Waals surface area (Å²) in [5.41, 5.74) is 2.92. The largest absolute Gasteiger partial charge is 0.481 e. The minimum atomic E-state index is -0.798. The molecular formula is C15H18N2O2. The fourth-order valence-corrected chi connectivity index (χ4v) is 2.07. The van der Waals surface area contributed by atoms with Gasteiger partial charge in [-0.3, -0.25) is 9.48 Å². The van der Waals surface area contributed by atoms with Crippen LogP contribution < -0.4 is 0 Å². The van der Waals surface area contributed by atoms with Crippen LogP contribution in [0, 0.1) is 6.92 Å². The summed E-state index contributed by atoms with van der Waals surface area (Å²) in [7, 11) is 0. The van der Waals surface area contributed by atoms with Gasteiger partial charge in [0, 0.05) is 12.7 Å². The lowest BCUT2D eigenvalue weighted by Gasteiger charge is -2.11. The maximum atomic E-state index is 11.4. The van der Waals surface area contributed by atoms with Crippen molar-refractivity contribution >= 4 is 5.97 Å². The van der Waals surface area contributed by atoms with Gasteiger partial charge >= 0.3 is 5.97 Å². The standard InChI is InChI=1S/C15H18N2O2/c1-3-17-10-12(9-16-17)8-14(15(18)19)13-6-4-11(2)5-7-13/h4-7,9-10,14H,3,8H2,1-2H3,(H,18,19). The van der Waals surface area contributed by atoms with Crippen LogP contribution in [0.3, 0.4) is 0 Å². The van der Waals surface area contributed by atoms with E-state index in [0.717, 1.165) is 23.2 Å². The number of carbonyl (C=O) groups is 1. The number of nitrogens with zero attached hydrogens (tertiary/aromatic N) is 2. The molecule has 1 aromatic carbocycles. The Hall–Kier alpha value is -2.10. The van der Waals surface area contributed by atoms with Crippen molar-refractivity contribution in [3.63, 3.8) is 0 Å². The second-order valence-corrected chi connectivity index (χ2v) is 4.71. The number of hydrogen-bond donors (Lipinski definition) is 1. The summed E-state index contributed by atoms with van der Waals surface area (Å²) in [5.74, 6) is -1.32.